The van der Waals surface area contributed by atoms with E-state index in [0.29, 0.717) is 42.7 Å². The van der Waals surface area contributed by atoms with Crippen molar-refractivity contribution >= 4 is 35.2 Å². The Bertz CT molecular complexity index is 829. The van der Waals surface area contributed by atoms with Crippen LogP contribution in [0.5, 0.6) is 11.5 Å². The Kier molecular flexibility index (Phi) is 10.4. The second-order valence-corrected chi connectivity index (χ2v) is 7.64. The van der Waals surface area contributed by atoms with E-state index in [1.165, 1.54) is 11.8 Å². The van der Waals surface area contributed by atoms with Crippen LogP contribution in [0, 0.1) is 0 Å². The monoisotopic (exact) mass is 451 g/mol. The third kappa shape index (κ3) is 8.55. The number of hydrogen-bond acceptors (Lipinski definition) is 6. The van der Waals surface area contributed by atoms with Crippen LogP contribution >= 0.6 is 23.4 Å². The van der Waals surface area contributed by atoms with Gasteiger partial charge < -0.3 is 19.5 Å². The molecule has 0 heterocycles. The summed E-state index contributed by atoms with van der Waals surface area (Å²) in [6.07, 6.45) is 0.624. The number of carbonyl (C=O) groups excluding carboxylic acids is 2. The van der Waals surface area contributed by atoms with Crippen LogP contribution in [0.3, 0.4) is 0 Å². The van der Waals surface area contributed by atoms with Crippen LogP contribution in [0.2, 0.25) is 5.02 Å². The summed E-state index contributed by atoms with van der Waals surface area (Å²) in [6.45, 7) is 5.07. The molecule has 1 N–H and O–H groups in total. The fourth-order valence-electron chi connectivity index (χ4n) is 2.51. The summed E-state index contributed by atoms with van der Waals surface area (Å²) in [7, 11) is 0. The van der Waals surface area contributed by atoms with Gasteiger partial charge in [0.1, 0.15) is 0 Å². The quantitative estimate of drug-likeness (QED) is 0.386. The van der Waals surface area contributed by atoms with Gasteiger partial charge in [0.25, 0.3) is 5.91 Å². The molecule has 1 amide bonds. The molecule has 0 spiro atoms. The number of carbonyl (C=O) groups is 2. The first-order valence-electron chi connectivity index (χ1n) is 9.71. The summed E-state index contributed by atoms with van der Waals surface area (Å²) >= 11 is 7.15. The molecular formula is C22H26ClNO5S. The second-order valence-electron chi connectivity index (χ2n) is 6.15. The number of thioether (sulfide) groups is 1. The number of halogens is 1. The average molecular weight is 452 g/mol. The molecule has 2 aromatic carbocycles. The third-order valence-electron chi connectivity index (χ3n) is 3.88. The Morgan fingerprint density at radius 3 is 2.40 bits per heavy atom. The van der Waals surface area contributed by atoms with Gasteiger partial charge in [0.15, 0.2) is 18.1 Å². The average Bonchev–Trinajstić information content (AvgIpc) is 2.74. The van der Waals surface area contributed by atoms with Gasteiger partial charge >= 0.3 is 5.97 Å². The lowest BCUT2D eigenvalue weighted by atomic mass is 10.1. The summed E-state index contributed by atoms with van der Waals surface area (Å²) in [4.78, 5) is 24.6. The Balaban J connectivity index is 1.68. The van der Waals surface area contributed by atoms with E-state index in [4.69, 9.17) is 25.8 Å². The number of esters is 1. The van der Waals surface area contributed by atoms with E-state index in [2.05, 4.69) is 5.32 Å². The van der Waals surface area contributed by atoms with Crippen molar-refractivity contribution in [2.24, 2.45) is 0 Å². The SMILES string of the molecule is CCOc1ccc(CCNC(=O)COC(=O)CSc2ccc(Cl)cc2)cc1OCC. The van der Waals surface area contributed by atoms with Crippen molar-refractivity contribution in [3.63, 3.8) is 0 Å². The van der Waals surface area contributed by atoms with E-state index in [1.54, 1.807) is 12.1 Å². The van der Waals surface area contributed by atoms with Crippen molar-refractivity contribution in [3.05, 3.63) is 53.1 Å². The van der Waals surface area contributed by atoms with Gasteiger partial charge in [0.05, 0.1) is 19.0 Å². The standard InChI is InChI=1S/C22H26ClNO5S/c1-3-27-19-10-5-16(13-20(19)28-4-2)11-12-24-21(25)14-29-22(26)15-30-18-8-6-17(23)7-9-18/h5-10,13H,3-4,11-12,14-15H2,1-2H3,(H,24,25). The summed E-state index contributed by atoms with van der Waals surface area (Å²) < 4.78 is 16.2. The van der Waals surface area contributed by atoms with Crippen LogP contribution < -0.4 is 14.8 Å². The largest absolute Gasteiger partial charge is 0.490 e. The molecule has 0 aliphatic rings. The van der Waals surface area contributed by atoms with Crippen LogP contribution in [-0.2, 0) is 20.7 Å². The van der Waals surface area contributed by atoms with E-state index in [-0.39, 0.29) is 18.3 Å². The molecule has 0 saturated heterocycles. The Hall–Kier alpha value is -2.38. The molecule has 0 unspecified atom stereocenters. The minimum absolute atomic E-state index is 0.126. The highest BCUT2D eigenvalue weighted by molar-refractivity contribution is 8.00. The normalized spacial score (nSPS) is 10.4. The molecule has 30 heavy (non-hydrogen) atoms. The molecule has 0 atom stereocenters. The van der Waals surface area contributed by atoms with Gasteiger partial charge in [-0.3, -0.25) is 9.59 Å². The summed E-state index contributed by atoms with van der Waals surface area (Å²) in [5, 5.41) is 3.39. The van der Waals surface area contributed by atoms with E-state index < -0.39 is 5.97 Å². The van der Waals surface area contributed by atoms with E-state index in [9.17, 15) is 9.59 Å². The van der Waals surface area contributed by atoms with Crippen LogP contribution in [-0.4, -0.2) is 44.0 Å². The molecule has 0 radical (unpaired) electrons. The molecular weight excluding hydrogens is 426 g/mol. The van der Waals surface area contributed by atoms with Crippen molar-refractivity contribution in [1.29, 1.82) is 0 Å². The van der Waals surface area contributed by atoms with Gasteiger partial charge in [-0.15, -0.1) is 11.8 Å². The fraction of sp³-hybridized carbons (Fsp3) is 0.364. The summed E-state index contributed by atoms with van der Waals surface area (Å²) in [5.41, 5.74) is 1.01. The molecule has 8 heteroatoms. The first kappa shape index (κ1) is 23.9. The molecule has 2 aromatic rings. The van der Waals surface area contributed by atoms with Gasteiger partial charge in [-0.05, 0) is 62.2 Å². The number of nitrogens with one attached hydrogen (secondary N) is 1. The fourth-order valence-corrected chi connectivity index (χ4v) is 3.33. The molecule has 6 nitrogen and oxygen atoms in total. The molecule has 0 saturated carbocycles. The smallest absolute Gasteiger partial charge is 0.316 e. The zero-order valence-electron chi connectivity index (χ0n) is 17.1. The molecule has 0 aromatic heterocycles. The minimum Gasteiger partial charge on any atom is -0.490 e. The van der Waals surface area contributed by atoms with Gasteiger partial charge in [0.2, 0.25) is 0 Å². The van der Waals surface area contributed by atoms with Crippen LogP contribution in [0.4, 0.5) is 0 Å². The van der Waals surface area contributed by atoms with Gasteiger partial charge in [0, 0.05) is 16.5 Å². The molecule has 0 fully saturated rings. The number of benzene rings is 2. The number of amides is 1. The molecule has 162 valence electrons. The van der Waals surface area contributed by atoms with Crippen molar-refractivity contribution < 1.29 is 23.8 Å². The van der Waals surface area contributed by atoms with Crippen molar-refractivity contribution in [2.75, 3.05) is 32.1 Å². The highest BCUT2D eigenvalue weighted by Gasteiger charge is 2.09. The maximum absolute atomic E-state index is 11.9. The lowest BCUT2D eigenvalue weighted by molar-refractivity contribution is -0.145. The molecule has 2 rings (SSSR count). The molecule has 0 aliphatic heterocycles. The van der Waals surface area contributed by atoms with Crippen LogP contribution in [0.25, 0.3) is 0 Å². The predicted octanol–water partition coefficient (Wildman–Crippen LogP) is 4.13. The maximum Gasteiger partial charge on any atom is 0.316 e. The highest BCUT2D eigenvalue weighted by atomic mass is 35.5. The first-order chi connectivity index (χ1) is 14.5. The first-order valence-corrected chi connectivity index (χ1v) is 11.1. The van der Waals surface area contributed by atoms with Crippen LogP contribution in [0.15, 0.2) is 47.4 Å². The van der Waals surface area contributed by atoms with Gasteiger partial charge in [-0.25, -0.2) is 0 Å². The lowest BCUT2D eigenvalue weighted by Gasteiger charge is -2.12. The van der Waals surface area contributed by atoms with Crippen molar-refractivity contribution in [2.45, 2.75) is 25.2 Å². The van der Waals surface area contributed by atoms with Gasteiger partial charge in [-0.2, -0.15) is 0 Å². The minimum atomic E-state index is -0.446. The maximum atomic E-state index is 11.9. The Morgan fingerprint density at radius 1 is 1.00 bits per heavy atom. The predicted molar refractivity (Wildman–Crippen MR) is 119 cm³/mol. The topological polar surface area (TPSA) is 73.9 Å². The molecule has 0 aliphatic carbocycles. The highest BCUT2D eigenvalue weighted by Crippen LogP contribution is 2.28. The number of rotatable bonds is 12. The van der Waals surface area contributed by atoms with Crippen molar-refractivity contribution in [1.82, 2.24) is 5.32 Å². The summed E-state index contributed by atoms with van der Waals surface area (Å²) in [6, 6.07) is 12.9. The zero-order chi connectivity index (χ0) is 21.8. The second kappa shape index (κ2) is 13.0. The number of hydrogen-bond donors (Lipinski definition) is 1. The molecule has 0 bridgehead atoms. The van der Waals surface area contributed by atoms with Crippen LogP contribution in [0.1, 0.15) is 19.4 Å². The lowest BCUT2D eigenvalue weighted by Crippen LogP contribution is -2.30. The van der Waals surface area contributed by atoms with E-state index in [0.717, 1.165) is 10.5 Å². The third-order valence-corrected chi connectivity index (χ3v) is 5.12. The zero-order valence-corrected chi connectivity index (χ0v) is 18.7. The Morgan fingerprint density at radius 2 is 1.70 bits per heavy atom. The van der Waals surface area contributed by atoms with E-state index in [1.807, 2.05) is 44.2 Å². The summed E-state index contributed by atoms with van der Waals surface area (Å²) in [5.74, 6) is 0.737. The van der Waals surface area contributed by atoms with E-state index >= 15 is 0 Å². The van der Waals surface area contributed by atoms with Crippen molar-refractivity contribution in [3.8, 4) is 11.5 Å². The van der Waals surface area contributed by atoms with Gasteiger partial charge in [-0.1, -0.05) is 17.7 Å². The number of ether oxygens (including phenoxy) is 3. The Labute approximate surface area is 186 Å².